The zero-order valence-electron chi connectivity index (χ0n) is 13.9. The Balaban J connectivity index is 1.66. The van der Waals surface area contributed by atoms with Crippen molar-refractivity contribution >= 4 is 0 Å². The number of hydrogen-bond donors (Lipinski definition) is 1. The van der Waals surface area contributed by atoms with Gasteiger partial charge in [-0.25, -0.2) is 0 Å². The largest absolute Gasteiger partial charge is 0.433 e. The second-order valence-electron chi connectivity index (χ2n) is 6.45. The molecule has 1 aliphatic heterocycles. The molecule has 1 unspecified atom stereocenters. The van der Waals surface area contributed by atoms with Crippen LogP contribution in [0, 0.1) is 0 Å². The lowest BCUT2D eigenvalue weighted by Gasteiger charge is -2.37. The summed E-state index contributed by atoms with van der Waals surface area (Å²) in [5, 5.41) is 0. The van der Waals surface area contributed by atoms with E-state index in [9.17, 15) is 13.2 Å². The number of alkyl halides is 3. The number of nitrogens with zero attached hydrogens (tertiary/aromatic N) is 2. The molecule has 2 N–H and O–H groups in total. The number of aromatic nitrogens is 1. The molecule has 3 rings (SSSR count). The fraction of sp³-hybridized carbons (Fsp3) is 0.421. The van der Waals surface area contributed by atoms with Gasteiger partial charge in [0.05, 0.1) is 0 Å². The lowest BCUT2D eigenvalue weighted by atomic mass is 9.88. The highest BCUT2D eigenvalue weighted by atomic mass is 19.4. The van der Waals surface area contributed by atoms with E-state index < -0.39 is 11.9 Å². The fourth-order valence-electron chi connectivity index (χ4n) is 3.54. The van der Waals surface area contributed by atoms with E-state index in [1.165, 1.54) is 17.8 Å². The number of likely N-dealkylation sites (tertiary alicyclic amines) is 1. The van der Waals surface area contributed by atoms with Crippen molar-refractivity contribution in [1.29, 1.82) is 0 Å². The van der Waals surface area contributed by atoms with E-state index >= 15 is 0 Å². The Kier molecular flexibility index (Phi) is 5.39. The molecule has 0 amide bonds. The monoisotopic (exact) mass is 349 g/mol. The molecule has 0 radical (unpaired) electrons. The maximum atomic E-state index is 12.7. The van der Waals surface area contributed by atoms with Crippen molar-refractivity contribution < 1.29 is 13.2 Å². The van der Waals surface area contributed by atoms with Crippen molar-refractivity contribution in [3.63, 3.8) is 0 Å². The van der Waals surface area contributed by atoms with Crippen LogP contribution in [0.25, 0.3) is 0 Å². The molecule has 2 aromatic rings. The molecule has 25 heavy (non-hydrogen) atoms. The summed E-state index contributed by atoms with van der Waals surface area (Å²) in [5.74, 6) is 0.529. The van der Waals surface area contributed by atoms with Crippen molar-refractivity contribution in [2.45, 2.75) is 31.0 Å². The third-order valence-corrected chi connectivity index (χ3v) is 4.93. The van der Waals surface area contributed by atoms with Gasteiger partial charge in [0.2, 0.25) is 0 Å². The van der Waals surface area contributed by atoms with Gasteiger partial charge in [0.1, 0.15) is 5.69 Å². The van der Waals surface area contributed by atoms with Crippen LogP contribution in [0.15, 0.2) is 48.7 Å². The van der Waals surface area contributed by atoms with E-state index in [0.29, 0.717) is 12.5 Å². The topological polar surface area (TPSA) is 42.1 Å². The van der Waals surface area contributed by atoms with Crippen molar-refractivity contribution in [2.75, 3.05) is 19.6 Å². The number of benzene rings is 1. The van der Waals surface area contributed by atoms with Gasteiger partial charge in [-0.15, -0.1) is 0 Å². The molecule has 0 saturated carbocycles. The van der Waals surface area contributed by atoms with E-state index in [1.807, 2.05) is 6.07 Å². The Morgan fingerprint density at radius 2 is 1.76 bits per heavy atom. The summed E-state index contributed by atoms with van der Waals surface area (Å²) in [6, 6.07) is 12.9. The van der Waals surface area contributed by atoms with Crippen LogP contribution in [0.2, 0.25) is 0 Å². The smallest absolute Gasteiger partial charge is 0.329 e. The highest BCUT2D eigenvalue weighted by Crippen LogP contribution is 2.33. The quantitative estimate of drug-likeness (QED) is 0.908. The first-order valence-electron chi connectivity index (χ1n) is 8.51. The Morgan fingerprint density at radius 3 is 2.28 bits per heavy atom. The van der Waals surface area contributed by atoms with Gasteiger partial charge in [-0.05, 0) is 49.0 Å². The van der Waals surface area contributed by atoms with Gasteiger partial charge in [-0.2, -0.15) is 13.2 Å². The summed E-state index contributed by atoms with van der Waals surface area (Å²) in [7, 11) is 0. The SMILES string of the molecule is NCC(c1ccc(C(F)(F)F)nc1)N1CCC(c2ccccc2)CC1. The van der Waals surface area contributed by atoms with Gasteiger partial charge in [0.25, 0.3) is 0 Å². The standard InChI is InChI=1S/C19H22F3N3/c20-19(21,22)18-7-6-16(13-24-18)17(12-23)25-10-8-15(9-11-25)14-4-2-1-3-5-14/h1-7,13,15,17H,8-12,23H2. The molecule has 1 aromatic heterocycles. The van der Waals surface area contributed by atoms with Gasteiger partial charge in [0.15, 0.2) is 0 Å². The van der Waals surface area contributed by atoms with Gasteiger partial charge < -0.3 is 5.73 Å². The molecule has 2 heterocycles. The third kappa shape index (κ3) is 4.19. The van der Waals surface area contributed by atoms with Crippen LogP contribution in [0.3, 0.4) is 0 Å². The van der Waals surface area contributed by atoms with Crippen LogP contribution >= 0.6 is 0 Å². The van der Waals surface area contributed by atoms with Crippen molar-refractivity contribution in [3.8, 4) is 0 Å². The molecule has 1 atom stereocenters. The molecule has 0 spiro atoms. The minimum Gasteiger partial charge on any atom is -0.329 e. The van der Waals surface area contributed by atoms with E-state index in [-0.39, 0.29) is 6.04 Å². The summed E-state index contributed by atoms with van der Waals surface area (Å²) < 4.78 is 38.0. The number of halogens is 3. The number of hydrogen-bond acceptors (Lipinski definition) is 3. The van der Waals surface area contributed by atoms with Crippen LogP contribution in [0.4, 0.5) is 13.2 Å². The van der Waals surface area contributed by atoms with Gasteiger partial charge in [-0.3, -0.25) is 9.88 Å². The Labute approximate surface area is 145 Å². The van der Waals surface area contributed by atoms with E-state index in [1.54, 1.807) is 0 Å². The third-order valence-electron chi connectivity index (χ3n) is 4.93. The maximum Gasteiger partial charge on any atom is 0.433 e. The van der Waals surface area contributed by atoms with Crippen molar-refractivity contribution in [1.82, 2.24) is 9.88 Å². The average molecular weight is 349 g/mol. The Hall–Kier alpha value is -1.92. The molecular formula is C19H22F3N3. The van der Waals surface area contributed by atoms with Crippen molar-refractivity contribution in [3.05, 3.63) is 65.5 Å². The first-order chi connectivity index (χ1) is 12.0. The average Bonchev–Trinajstić information content (AvgIpc) is 2.63. The van der Waals surface area contributed by atoms with Crippen LogP contribution < -0.4 is 5.73 Å². The van der Waals surface area contributed by atoms with Crippen molar-refractivity contribution in [2.24, 2.45) is 5.73 Å². The Bertz CT molecular complexity index is 663. The second-order valence-corrected chi connectivity index (χ2v) is 6.45. The van der Waals surface area contributed by atoms with Crippen LogP contribution in [0.1, 0.15) is 41.6 Å². The van der Waals surface area contributed by atoms with Gasteiger partial charge in [-0.1, -0.05) is 36.4 Å². The zero-order valence-corrected chi connectivity index (χ0v) is 13.9. The van der Waals surface area contributed by atoms with Crippen LogP contribution in [-0.4, -0.2) is 29.5 Å². The predicted octanol–water partition coefficient (Wildman–Crippen LogP) is 3.98. The first-order valence-corrected chi connectivity index (χ1v) is 8.51. The van der Waals surface area contributed by atoms with E-state index in [2.05, 4.69) is 34.1 Å². The van der Waals surface area contributed by atoms with E-state index in [0.717, 1.165) is 37.6 Å². The van der Waals surface area contributed by atoms with E-state index in [4.69, 9.17) is 5.73 Å². The second kappa shape index (κ2) is 7.54. The van der Waals surface area contributed by atoms with Gasteiger partial charge >= 0.3 is 6.18 Å². The normalized spacial score (nSPS) is 18.2. The molecule has 0 aliphatic carbocycles. The summed E-state index contributed by atoms with van der Waals surface area (Å²) in [6.07, 6.45) is -1.06. The minimum absolute atomic E-state index is 0.0912. The summed E-state index contributed by atoms with van der Waals surface area (Å²) in [6.45, 7) is 2.12. The first kappa shape index (κ1) is 17.9. The molecule has 134 valence electrons. The molecule has 1 saturated heterocycles. The number of rotatable bonds is 4. The zero-order chi connectivity index (χ0) is 17.9. The molecular weight excluding hydrogens is 327 g/mol. The number of nitrogens with two attached hydrogens (primary N) is 1. The molecule has 6 heteroatoms. The molecule has 0 bridgehead atoms. The summed E-state index contributed by atoms with van der Waals surface area (Å²) in [5.41, 5.74) is 7.14. The molecule has 3 nitrogen and oxygen atoms in total. The Morgan fingerprint density at radius 1 is 1.08 bits per heavy atom. The molecule has 1 fully saturated rings. The minimum atomic E-state index is -4.41. The maximum absolute atomic E-state index is 12.7. The van der Waals surface area contributed by atoms with Crippen LogP contribution in [0.5, 0.6) is 0 Å². The highest BCUT2D eigenvalue weighted by Gasteiger charge is 2.33. The summed E-state index contributed by atoms with van der Waals surface area (Å²) >= 11 is 0. The number of piperidine rings is 1. The molecule has 1 aliphatic rings. The molecule has 1 aromatic carbocycles. The summed E-state index contributed by atoms with van der Waals surface area (Å²) in [4.78, 5) is 5.82. The fourth-order valence-corrected chi connectivity index (χ4v) is 3.54. The highest BCUT2D eigenvalue weighted by molar-refractivity contribution is 5.22. The lowest BCUT2D eigenvalue weighted by molar-refractivity contribution is -0.141. The lowest BCUT2D eigenvalue weighted by Crippen LogP contribution is -2.39. The number of pyridine rings is 1. The predicted molar refractivity (Wildman–Crippen MR) is 91.0 cm³/mol. The van der Waals surface area contributed by atoms with Crippen LogP contribution in [-0.2, 0) is 6.18 Å². The van der Waals surface area contributed by atoms with Gasteiger partial charge in [0, 0.05) is 18.8 Å².